The van der Waals surface area contributed by atoms with Gasteiger partial charge < -0.3 is 9.47 Å². The first-order valence-electron chi connectivity index (χ1n) is 9.42. The van der Waals surface area contributed by atoms with Crippen LogP contribution in [0.1, 0.15) is 11.3 Å². The van der Waals surface area contributed by atoms with Gasteiger partial charge in [0.1, 0.15) is 36.5 Å². The number of hydrogen-bond acceptors (Lipinski definition) is 7. The maximum absolute atomic E-state index is 13.3. The fraction of sp³-hybridized carbons (Fsp3) is 0.286. The molecular weight excluding hydrogens is 389 g/mol. The first kappa shape index (κ1) is 19.8. The molecular formula is C21H22FN5O3. The van der Waals surface area contributed by atoms with Crippen molar-refractivity contribution in [3.05, 3.63) is 59.8 Å². The molecule has 8 nitrogen and oxygen atoms in total. The Kier molecular flexibility index (Phi) is 5.62. The zero-order chi connectivity index (χ0) is 21.1. The third-order valence-corrected chi connectivity index (χ3v) is 4.64. The van der Waals surface area contributed by atoms with Gasteiger partial charge >= 0.3 is 0 Å². The number of ether oxygens (including phenoxy) is 2. The number of nitrogens with one attached hydrogen (secondary N) is 1. The number of methoxy groups -OCH3 is 1. The number of aryl methyl sites for hydroxylation is 2. The second-order valence-electron chi connectivity index (χ2n) is 6.92. The van der Waals surface area contributed by atoms with Crippen molar-refractivity contribution >= 4 is 5.84 Å². The molecule has 0 unspecified atom stereocenters. The van der Waals surface area contributed by atoms with Crippen LogP contribution in [-0.2, 0) is 11.9 Å². The number of hydroxylamine groups is 1. The van der Waals surface area contributed by atoms with Crippen molar-refractivity contribution in [2.24, 2.45) is 12.0 Å². The number of nitrogens with zero attached hydrogens (tertiary/aromatic N) is 4. The summed E-state index contributed by atoms with van der Waals surface area (Å²) in [5.41, 5.74) is 5.86. The summed E-state index contributed by atoms with van der Waals surface area (Å²) in [5.74, 6) is 1.28. The van der Waals surface area contributed by atoms with Gasteiger partial charge in [0.25, 0.3) is 0 Å². The summed E-state index contributed by atoms with van der Waals surface area (Å²) in [6, 6.07) is 7.92. The van der Waals surface area contributed by atoms with E-state index in [0.717, 1.165) is 16.7 Å². The first-order valence-corrected chi connectivity index (χ1v) is 9.42. The van der Waals surface area contributed by atoms with E-state index in [2.05, 4.69) is 20.6 Å². The highest BCUT2D eigenvalue weighted by Crippen LogP contribution is 2.28. The number of rotatable bonds is 6. The van der Waals surface area contributed by atoms with Crippen LogP contribution in [0.5, 0.6) is 11.6 Å². The third-order valence-electron chi connectivity index (χ3n) is 4.64. The summed E-state index contributed by atoms with van der Waals surface area (Å²) in [6.45, 7) is 2.43. The molecule has 0 radical (unpaired) electrons. The Morgan fingerprint density at radius 1 is 1.30 bits per heavy atom. The summed E-state index contributed by atoms with van der Waals surface area (Å²) in [4.78, 5) is 14.7. The van der Waals surface area contributed by atoms with Crippen LogP contribution >= 0.6 is 0 Å². The van der Waals surface area contributed by atoms with Gasteiger partial charge in [-0.05, 0) is 42.8 Å². The Hall–Kier alpha value is -3.46. The summed E-state index contributed by atoms with van der Waals surface area (Å²) in [6.07, 6.45) is 3.65. The van der Waals surface area contributed by atoms with Crippen molar-refractivity contribution in [2.45, 2.75) is 13.0 Å². The van der Waals surface area contributed by atoms with Crippen molar-refractivity contribution in [1.29, 1.82) is 0 Å². The molecule has 1 atom stereocenters. The lowest BCUT2D eigenvalue weighted by Crippen LogP contribution is -2.38. The van der Waals surface area contributed by atoms with Crippen LogP contribution in [0.25, 0.3) is 11.1 Å². The zero-order valence-electron chi connectivity index (χ0n) is 16.9. The number of amidine groups is 1. The average molecular weight is 411 g/mol. The number of aromatic nitrogens is 3. The maximum atomic E-state index is 13.3. The summed E-state index contributed by atoms with van der Waals surface area (Å²) in [7, 11) is 3.42. The van der Waals surface area contributed by atoms with E-state index in [-0.39, 0.29) is 11.9 Å². The molecule has 1 aliphatic rings. The monoisotopic (exact) mass is 411 g/mol. The highest BCUT2D eigenvalue weighted by Gasteiger charge is 2.20. The molecule has 0 aliphatic carbocycles. The number of halogens is 1. The highest BCUT2D eigenvalue weighted by atomic mass is 19.1. The molecule has 0 amide bonds. The predicted molar refractivity (Wildman–Crippen MR) is 109 cm³/mol. The molecule has 4 rings (SSSR count). The lowest BCUT2D eigenvalue weighted by Gasteiger charge is -2.22. The SMILES string of the molecule is COc1nc(C2=N[C@@H](COc3ccc(F)cc3C)CON2)ccc1-c1cnn(C)c1. The van der Waals surface area contributed by atoms with Gasteiger partial charge in [-0.25, -0.2) is 14.9 Å². The summed E-state index contributed by atoms with van der Waals surface area (Å²) in [5, 5.41) is 4.19. The maximum Gasteiger partial charge on any atom is 0.221 e. The Morgan fingerprint density at radius 3 is 2.90 bits per heavy atom. The lowest BCUT2D eigenvalue weighted by molar-refractivity contribution is 0.0511. The zero-order valence-corrected chi connectivity index (χ0v) is 16.9. The van der Waals surface area contributed by atoms with E-state index in [1.54, 1.807) is 31.0 Å². The van der Waals surface area contributed by atoms with Crippen LogP contribution < -0.4 is 15.0 Å². The van der Waals surface area contributed by atoms with E-state index in [9.17, 15) is 4.39 Å². The molecule has 3 heterocycles. The van der Waals surface area contributed by atoms with Gasteiger partial charge in [0, 0.05) is 24.4 Å². The van der Waals surface area contributed by atoms with Crippen LogP contribution in [0.15, 0.2) is 47.7 Å². The Balaban J connectivity index is 1.52. The number of benzene rings is 1. The van der Waals surface area contributed by atoms with Crippen LogP contribution in [-0.4, -0.2) is 47.0 Å². The minimum Gasteiger partial charge on any atom is -0.491 e. The van der Waals surface area contributed by atoms with E-state index in [4.69, 9.17) is 14.3 Å². The van der Waals surface area contributed by atoms with E-state index >= 15 is 0 Å². The van der Waals surface area contributed by atoms with Crippen molar-refractivity contribution in [3.63, 3.8) is 0 Å². The second-order valence-corrected chi connectivity index (χ2v) is 6.92. The van der Waals surface area contributed by atoms with Gasteiger partial charge in [-0.15, -0.1) is 0 Å². The smallest absolute Gasteiger partial charge is 0.221 e. The third kappa shape index (κ3) is 4.25. The fourth-order valence-electron chi connectivity index (χ4n) is 3.12. The van der Waals surface area contributed by atoms with Gasteiger partial charge in [-0.3, -0.25) is 14.5 Å². The molecule has 0 fully saturated rings. The van der Waals surface area contributed by atoms with Crippen LogP contribution in [0.2, 0.25) is 0 Å². The van der Waals surface area contributed by atoms with Crippen LogP contribution in [0.3, 0.4) is 0 Å². The molecule has 30 heavy (non-hydrogen) atoms. The molecule has 1 aromatic carbocycles. The van der Waals surface area contributed by atoms with Crippen molar-refractivity contribution < 1.29 is 18.7 Å². The van der Waals surface area contributed by atoms with E-state index < -0.39 is 0 Å². The minimum atomic E-state index is -0.292. The first-order chi connectivity index (χ1) is 14.5. The Bertz CT molecular complexity index is 1080. The quantitative estimate of drug-likeness (QED) is 0.672. The van der Waals surface area contributed by atoms with Crippen LogP contribution in [0.4, 0.5) is 4.39 Å². The number of pyridine rings is 1. The predicted octanol–water partition coefficient (Wildman–Crippen LogP) is 2.67. The molecule has 0 saturated heterocycles. The molecule has 0 spiro atoms. The summed E-state index contributed by atoms with van der Waals surface area (Å²) >= 11 is 0. The largest absolute Gasteiger partial charge is 0.491 e. The fourth-order valence-corrected chi connectivity index (χ4v) is 3.12. The van der Waals surface area contributed by atoms with Gasteiger partial charge in [0.15, 0.2) is 5.84 Å². The molecule has 1 N–H and O–H groups in total. The normalized spacial score (nSPS) is 16.0. The molecule has 0 bridgehead atoms. The van der Waals surface area contributed by atoms with Crippen LogP contribution in [0, 0.1) is 12.7 Å². The minimum absolute atomic E-state index is 0.239. The van der Waals surface area contributed by atoms with Crippen molar-refractivity contribution in [2.75, 3.05) is 20.3 Å². The molecule has 9 heteroatoms. The molecule has 2 aromatic heterocycles. The van der Waals surface area contributed by atoms with Gasteiger partial charge in [0.05, 0.1) is 13.3 Å². The molecule has 0 saturated carbocycles. The molecule has 156 valence electrons. The van der Waals surface area contributed by atoms with E-state index in [0.29, 0.717) is 36.4 Å². The molecule has 1 aliphatic heterocycles. The number of hydrogen-bond donors (Lipinski definition) is 1. The van der Waals surface area contributed by atoms with Gasteiger partial charge in [0.2, 0.25) is 5.88 Å². The van der Waals surface area contributed by atoms with E-state index in [1.165, 1.54) is 12.1 Å². The second kappa shape index (κ2) is 8.50. The molecule has 3 aromatic rings. The standard InChI is InChI=1S/C21H22FN5O3/c1-13-8-15(22)4-7-19(13)29-11-16-12-30-26-20(24-16)18-6-5-17(21(25-18)28-3)14-9-23-27(2)10-14/h4-10,16H,11-12H2,1-3H3,(H,24,26)/t16-/m0/s1. The van der Waals surface area contributed by atoms with Crippen molar-refractivity contribution in [1.82, 2.24) is 20.2 Å². The highest BCUT2D eigenvalue weighted by molar-refractivity contribution is 5.97. The van der Waals surface area contributed by atoms with Crippen molar-refractivity contribution in [3.8, 4) is 22.8 Å². The lowest BCUT2D eigenvalue weighted by atomic mass is 10.1. The summed E-state index contributed by atoms with van der Waals surface area (Å²) < 4.78 is 26.2. The van der Waals surface area contributed by atoms with Gasteiger partial charge in [-0.2, -0.15) is 5.10 Å². The number of aliphatic imine (C=N–C) groups is 1. The van der Waals surface area contributed by atoms with Gasteiger partial charge in [-0.1, -0.05) is 0 Å². The Labute approximate surface area is 173 Å². The van der Waals surface area contributed by atoms with E-state index in [1.807, 2.05) is 25.4 Å². The topological polar surface area (TPSA) is 82.8 Å². The Morgan fingerprint density at radius 2 is 2.17 bits per heavy atom. The average Bonchev–Trinajstić information content (AvgIpc) is 3.19.